The molecule has 0 atom stereocenters. The molecule has 0 amide bonds. The monoisotopic (exact) mass is 334 g/mol. The van der Waals surface area contributed by atoms with Crippen molar-refractivity contribution < 1.29 is 4.74 Å². The van der Waals surface area contributed by atoms with Crippen molar-refractivity contribution in [2.24, 2.45) is 0 Å². The Morgan fingerprint density at radius 3 is 2.32 bits per heavy atom. The highest BCUT2D eigenvalue weighted by atomic mass is 35.5. The van der Waals surface area contributed by atoms with Crippen LogP contribution in [0, 0.1) is 20.8 Å². The second-order valence-electron chi connectivity index (χ2n) is 5.20. The molecule has 0 spiro atoms. The third-order valence-electron chi connectivity index (χ3n) is 3.36. The first kappa shape index (κ1) is 16.6. The van der Waals surface area contributed by atoms with Crippen LogP contribution in [0.3, 0.4) is 0 Å². The van der Waals surface area contributed by atoms with Crippen LogP contribution < -0.4 is 15.4 Å². The topological polar surface area (TPSA) is 33.3 Å². The zero-order valence-corrected chi connectivity index (χ0v) is 14.7. The van der Waals surface area contributed by atoms with E-state index in [-0.39, 0.29) is 0 Å². The first-order chi connectivity index (χ1) is 10.4. The van der Waals surface area contributed by atoms with Crippen molar-refractivity contribution >= 4 is 40.3 Å². The van der Waals surface area contributed by atoms with Gasteiger partial charge in [0.05, 0.1) is 12.8 Å². The van der Waals surface area contributed by atoms with Crippen molar-refractivity contribution in [3.63, 3.8) is 0 Å². The summed E-state index contributed by atoms with van der Waals surface area (Å²) in [6.07, 6.45) is 0. The first-order valence-electron chi connectivity index (χ1n) is 6.90. The number of benzene rings is 2. The molecule has 3 nitrogen and oxygen atoms in total. The number of nitrogens with one attached hydrogen (secondary N) is 2. The molecule has 116 valence electrons. The van der Waals surface area contributed by atoms with Gasteiger partial charge in [-0.1, -0.05) is 29.3 Å². The van der Waals surface area contributed by atoms with Gasteiger partial charge >= 0.3 is 0 Å². The minimum atomic E-state index is 0.506. The van der Waals surface area contributed by atoms with Crippen molar-refractivity contribution in [2.45, 2.75) is 20.8 Å². The number of methoxy groups -OCH3 is 1. The quantitative estimate of drug-likeness (QED) is 0.767. The Morgan fingerprint density at radius 1 is 1.00 bits per heavy atom. The number of hydrogen-bond acceptors (Lipinski definition) is 2. The third-order valence-corrected chi connectivity index (χ3v) is 3.97. The number of ether oxygens (including phenoxy) is 1. The van der Waals surface area contributed by atoms with Crippen molar-refractivity contribution in [2.75, 3.05) is 17.7 Å². The van der Waals surface area contributed by atoms with Crippen molar-refractivity contribution in [3.8, 4) is 5.75 Å². The highest BCUT2D eigenvalue weighted by Gasteiger charge is 2.09. The summed E-state index contributed by atoms with van der Waals surface area (Å²) in [5.41, 5.74) is 5.08. The molecule has 0 heterocycles. The van der Waals surface area contributed by atoms with Crippen molar-refractivity contribution in [3.05, 3.63) is 52.0 Å². The average Bonchev–Trinajstić information content (AvgIpc) is 2.45. The Hall–Kier alpha value is -1.78. The van der Waals surface area contributed by atoms with Gasteiger partial charge in [0.25, 0.3) is 0 Å². The molecule has 0 aromatic heterocycles. The van der Waals surface area contributed by atoms with Crippen LogP contribution in [0.4, 0.5) is 11.4 Å². The highest BCUT2D eigenvalue weighted by Crippen LogP contribution is 2.31. The van der Waals surface area contributed by atoms with Gasteiger partial charge in [0, 0.05) is 16.8 Å². The van der Waals surface area contributed by atoms with Crippen LogP contribution in [-0.4, -0.2) is 12.2 Å². The summed E-state index contributed by atoms with van der Waals surface area (Å²) >= 11 is 11.5. The molecule has 2 aromatic carbocycles. The van der Waals surface area contributed by atoms with E-state index in [4.69, 9.17) is 28.6 Å². The maximum Gasteiger partial charge on any atom is 0.175 e. The Balaban J connectivity index is 2.17. The summed E-state index contributed by atoms with van der Waals surface area (Å²) in [6.45, 7) is 6.05. The molecule has 0 saturated carbocycles. The van der Waals surface area contributed by atoms with E-state index in [1.165, 1.54) is 5.56 Å². The van der Waals surface area contributed by atoms with Crippen molar-refractivity contribution in [1.29, 1.82) is 0 Å². The molecule has 2 N–H and O–H groups in total. The average molecular weight is 335 g/mol. The molecule has 0 bridgehead atoms. The lowest BCUT2D eigenvalue weighted by atomic mass is 10.1. The molecular formula is C17H19ClN2OS. The number of thiocarbonyl (C=S) groups is 1. The Morgan fingerprint density at radius 2 is 1.68 bits per heavy atom. The van der Waals surface area contributed by atoms with E-state index in [1.807, 2.05) is 32.0 Å². The molecule has 2 aromatic rings. The molecule has 0 radical (unpaired) electrons. The Bertz CT molecular complexity index is 716. The van der Waals surface area contributed by atoms with Gasteiger partial charge in [0.2, 0.25) is 0 Å². The summed E-state index contributed by atoms with van der Waals surface area (Å²) in [4.78, 5) is 0. The second kappa shape index (κ2) is 6.99. The van der Waals surface area contributed by atoms with Crippen LogP contribution in [0.2, 0.25) is 5.02 Å². The van der Waals surface area contributed by atoms with Gasteiger partial charge in [-0.2, -0.15) is 0 Å². The van der Waals surface area contributed by atoms with Crippen LogP contribution in [0.5, 0.6) is 5.75 Å². The standard InChI is InChI=1S/C17H19ClN2OS/c1-10-5-6-14(12(3)7-10)19-17(22)20-15-8-11(2)13(18)9-16(15)21-4/h5-9H,1-4H3,(H2,19,20,22). The van der Waals surface area contributed by atoms with Gasteiger partial charge in [0.1, 0.15) is 5.75 Å². The predicted octanol–water partition coefficient (Wildman–Crippen LogP) is 5.08. The van der Waals surface area contributed by atoms with Crippen LogP contribution >= 0.6 is 23.8 Å². The lowest BCUT2D eigenvalue weighted by molar-refractivity contribution is 0.417. The molecule has 0 saturated heterocycles. The molecule has 0 aliphatic rings. The normalized spacial score (nSPS) is 10.2. The van der Waals surface area contributed by atoms with Gasteiger partial charge in [-0.25, -0.2) is 0 Å². The van der Waals surface area contributed by atoms with E-state index in [9.17, 15) is 0 Å². The van der Waals surface area contributed by atoms with Crippen LogP contribution in [-0.2, 0) is 0 Å². The van der Waals surface area contributed by atoms with Gasteiger partial charge < -0.3 is 15.4 Å². The summed E-state index contributed by atoms with van der Waals surface area (Å²) in [7, 11) is 1.60. The summed E-state index contributed by atoms with van der Waals surface area (Å²) in [6, 6.07) is 9.86. The summed E-state index contributed by atoms with van der Waals surface area (Å²) in [5, 5.41) is 7.53. The minimum absolute atomic E-state index is 0.506. The van der Waals surface area contributed by atoms with Crippen LogP contribution in [0.15, 0.2) is 30.3 Å². The van der Waals surface area contributed by atoms with E-state index < -0.39 is 0 Å². The SMILES string of the molecule is COc1cc(Cl)c(C)cc1NC(=S)Nc1ccc(C)cc1C. The highest BCUT2D eigenvalue weighted by molar-refractivity contribution is 7.80. The molecule has 0 aliphatic carbocycles. The number of hydrogen-bond donors (Lipinski definition) is 2. The molecule has 0 fully saturated rings. The van der Waals surface area contributed by atoms with Gasteiger partial charge in [0.15, 0.2) is 5.11 Å². The first-order valence-corrected chi connectivity index (χ1v) is 7.68. The lowest BCUT2D eigenvalue weighted by Crippen LogP contribution is -2.20. The Kier molecular flexibility index (Phi) is 5.27. The predicted molar refractivity (Wildman–Crippen MR) is 98.5 cm³/mol. The summed E-state index contributed by atoms with van der Waals surface area (Å²) < 4.78 is 5.34. The fourth-order valence-corrected chi connectivity index (χ4v) is 2.53. The molecular weight excluding hydrogens is 316 g/mol. The molecule has 22 heavy (non-hydrogen) atoms. The molecule has 5 heteroatoms. The van der Waals surface area contributed by atoms with E-state index in [2.05, 4.69) is 23.6 Å². The zero-order valence-electron chi connectivity index (χ0n) is 13.1. The van der Waals surface area contributed by atoms with Gasteiger partial charge in [-0.05, 0) is 56.2 Å². The van der Waals surface area contributed by atoms with E-state index in [0.29, 0.717) is 15.9 Å². The minimum Gasteiger partial charge on any atom is -0.495 e. The smallest absolute Gasteiger partial charge is 0.175 e. The van der Waals surface area contributed by atoms with E-state index in [1.54, 1.807) is 13.2 Å². The molecule has 2 rings (SSSR count). The lowest BCUT2D eigenvalue weighted by Gasteiger charge is -2.16. The van der Waals surface area contributed by atoms with E-state index >= 15 is 0 Å². The summed E-state index contributed by atoms with van der Waals surface area (Å²) in [5.74, 6) is 0.653. The van der Waals surface area contributed by atoms with Crippen LogP contribution in [0.1, 0.15) is 16.7 Å². The van der Waals surface area contributed by atoms with Gasteiger partial charge in [-0.3, -0.25) is 0 Å². The fraction of sp³-hybridized carbons (Fsp3) is 0.235. The number of anilines is 2. The number of halogens is 1. The Labute approximate surface area is 141 Å². The molecule has 0 unspecified atom stereocenters. The van der Waals surface area contributed by atoms with Crippen molar-refractivity contribution in [1.82, 2.24) is 0 Å². The largest absolute Gasteiger partial charge is 0.495 e. The zero-order chi connectivity index (χ0) is 16.3. The van der Waals surface area contributed by atoms with E-state index in [0.717, 1.165) is 22.5 Å². The number of rotatable bonds is 3. The third kappa shape index (κ3) is 3.90. The second-order valence-corrected chi connectivity index (χ2v) is 6.01. The molecule has 0 aliphatic heterocycles. The fourth-order valence-electron chi connectivity index (χ4n) is 2.16. The number of aryl methyl sites for hydroxylation is 3. The maximum absolute atomic E-state index is 6.11. The van der Waals surface area contributed by atoms with Crippen LogP contribution in [0.25, 0.3) is 0 Å². The van der Waals surface area contributed by atoms with Gasteiger partial charge in [-0.15, -0.1) is 0 Å². The maximum atomic E-state index is 6.11.